The highest BCUT2D eigenvalue weighted by atomic mass is 16.5. The van der Waals surface area contributed by atoms with Gasteiger partial charge in [-0.1, -0.05) is 42.5 Å². The van der Waals surface area contributed by atoms with Crippen LogP contribution in [0.5, 0.6) is 0 Å². The number of fused-ring (bicyclic) bond motifs is 3. The van der Waals surface area contributed by atoms with Crippen LogP contribution in [0.1, 0.15) is 37.7 Å². The largest absolute Gasteiger partial charge is 0.381 e. The lowest BCUT2D eigenvalue weighted by molar-refractivity contribution is -0.137. The highest BCUT2D eigenvalue weighted by Crippen LogP contribution is 2.37. The monoisotopic (exact) mass is 323 g/mol. The highest BCUT2D eigenvalue weighted by Gasteiger charge is 2.42. The van der Waals surface area contributed by atoms with Gasteiger partial charge >= 0.3 is 0 Å². The van der Waals surface area contributed by atoms with Crippen molar-refractivity contribution in [3.05, 3.63) is 48.0 Å². The number of rotatable bonds is 4. The van der Waals surface area contributed by atoms with E-state index in [4.69, 9.17) is 4.74 Å². The van der Waals surface area contributed by atoms with Gasteiger partial charge in [0.1, 0.15) is 0 Å². The van der Waals surface area contributed by atoms with Gasteiger partial charge in [0, 0.05) is 25.6 Å². The molecule has 1 amide bonds. The van der Waals surface area contributed by atoms with E-state index in [1.807, 2.05) is 0 Å². The molecule has 0 N–H and O–H groups in total. The third-order valence-corrected chi connectivity index (χ3v) is 5.80. The molecule has 2 aliphatic heterocycles. The average Bonchev–Trinajstić information content (AvgIpc) is 2.89. The first-order chi connectivity index (χ1) is 11.8. The number of ether oxygens (including phenoxy) is 1. The fourth-order valence-corrected chi connectivity index (χ4v) is 4.61. The van der Waals surface area contributed by atoms with Gasteiger partial charge in [-0.25, -0.2) is 0 Å². The van der Waals surface area contributed by atoms with E-state index in [-0.39, 0.29) is 0 Å². The van der Waals surface area contributed by atoms with Crippen LogP contribution >= 0.6 is 0 Å². The maximum atomic E-state index is 12.8. The molecule has 0 spiro atoms. The number of carbonyl (C=O) groups excluding carboxylic acids is 1. The Kier molecular flexibility index (Phi) is 4.28. The van der Waals surface area contributed by atoms with Crippen molar-refractivity contribution < 1.29 is 9.53 Å². The van der Waals surface area contributed by atoms with E-state index >= 15 is 0 Å². The van der Waals surface area contributed by atoms with E-state index in [1.165, 1.54) is 16.3 Å². The van der Waals surface area contributed by atoms with Crippen LogP contribution in [0.2, 0.25) is 0 Å². The molecule has 2 aliphatic rings. The summed E-state index contributed by atoms with van der Waals surface area (Å²) in [4.78, 5) is 15.0. The van der Waals surface area contributed by atoms with Crippen LogP contribution in [0.25, 0.3) is 10.8 Å². The van der Waals surface area contributed by atoms with Crippen molar-refractivity contribution in [2.45, 2.75) is 56.7 Å². The molecular weight excluding hydrogens is 298 g/mol. The average molecular weight is 323 g/mol. The van der Waals surface area contributed by atoms with Crippen LogP contribution in [-0.2, 0) is 16.0 Å². The zero-order chi connectivity index (χ0) is 16.5. The first-order valence-corrected chi connectivity index (χ1v) is 9.07. The molecule has 126 valence electrons. The number of amides is 1. The molecule has 2 unspecified atom stereocenters. The Morgan fingerprint density at radius 3 is 2.54 bits per heavy atom. The predicted molar refractivity (Wildman–Crippen MR) is 96.0 cm³/mol. The number of carbonyl (C=O) groups is 1. The Balaban J connectivity index is 1.45. The number of hydrogen-bond acceptors (Lipinski definition) is 2. The minimum absolute atomic E-state index is 0.324. The van der Waals surface area contributed by atoms with Crippen molar-refractivity contribution >= 4 is 16.7 Å². The molecule has 2 aromatic carbocycles. The molecule has 4 rings (SSSR count). The molecule has 24 heavy (non-hydrogen) atoms. The van der Waals surface area contributed by atoms with Crippen molar-refractivity contribution in [3.8, 4) is 0 Å². The fraction of sp³-hybridized carbons (Fsp3) is 0.476. The number of aryl methyl sites for hydroxylation is 1. The van der Waals surface area contributed by atoms with Crippen LogP contribution < -0.4 is 0 Å². The maximum Gasteiger partial charge on any atom is 0.223 e. The number of nitrogens with zero attached hydrogens (tertiary/aromatic N) is 1. The Labute approximate surface area is 143 Å². The van der Waals surface area contributed by atoms with Gasteiger partial charge < -0.3 is 9.64 Å². The molecule has 3 heteroatoms. The fourth-order valence-electron chi connectivity index (χ4n) is 4.61. The molecule has 2 atom stereocenters. The van der Waals surface area contributed by atoms with E-state index in [0.717, 1.165) is 32.1 Å². The molecular formula is C21H25NO2. The Morgan fingerprint density at radius 1 is 1.08 bits per heavy atom. The first kappa shape index (κ1) is 15.6. The van der Waals surface area contributed by atoms with Crippen LogP contribution in [0.4, 0.5) is 0 Å². The van der Waals surface area contributed by atoms with Gasteiger partial charge in [0.2, 0.25) is 5.91 Å². The van der Waals surface area contributed by atoms with E-state index in [9.17, 15) is 4.79 Å². The summed E-state index contributed by atoms with van der Waals surface area (Å²) in [5, 5.41) is 2.53. The SMILES string of the molecule is COC1CC2CCC(C1)N2C(=O)CCc1cccc2ccccc12. The predicted octanol–water partition coefficient (Wildman–Crippen LogP) is 3.94. The Bertz CT molecular complexity index is 722. The summed E-state index contributed by atoms with van der Waals surface area (Å²) in [6.07, 6.45) is 6.07. The molecule has 2 saturated heterocycles. The number of benzene rings is 2. The van der Waals surface area contributed by atoms with Crippen LogP contribution in [-0.4, -0.2) is 36.1 Å². The Hall–Kier alpha value is -1.87. The minimum atomic E-state index is 0.324. The molecule has 2 bridgehead atoms. The van der Waals surface area contributed by atoms with E-state index < -0.39 is 0 Å². The van der Waals surface area contributed by atoms with Crippen molar-refractivity contribution in [2.75, 3.05) is 7.11 Å². The van der Waals surface area contributed by atoms with Gasteiger partial charge in [-0.05, 0) is 48.4 Å². The lowest BCUT2D eigenvalue weighted by atomic mass is 9.97. The molecule has 2 heterocycles. The molecule has 2 aromatic rings. The van der Waals surface area contributed by atoms with Gasteiger partial charge in [0.05, 0.1) is 6.10 Å². The highest BCUT2D eigenvalue weighted by molar-refractivity contribution is 5.86. The van der Waals surface area contributed by atoms with Crippen molar-refractivity contribution in [2.24, 2.45) is 0 Å². The summed E-state index contributed by atoms with van der Waals surface area (Å²) in [5.74, 6) is 0.324. The number of methoxy groups -OCH3 is 1. The molecule has 0 aromatic heterocycles. The summed E-state index contributed by atoms with van der Waals surface area (Å²) in [6, 6.07) is 15.6. The zero-order valence-corrected chi connectivity index (χ0v) is 14.3. The summed E-state index contributed by atoms with van der Waals surface area (Å²) >= 11 is 0. The van der Waals surface area contributed by atoms with Gasteiger partial charge in [-0.15, -0.1) is 0 Å². The summed E-state index contributed by atoms with van der Waals surface area (Å²) in [6.45, 7) is 0. The Morgan fingerprint density at radius 2 is 1.79 bits per heavy atom. The molecule has 0 aliphatic carbocycles. The lowest BCUT2D eigenvalue weighted by Gasteiger charge is -2.38. The van der Waals surface area contributed by atoms with Gasteiger partial charge in [0.15, 0.2) is 0 Å². The molecule has 3 nitrogen and oxygen atoms in total. The van der Waals surface area contributed by atoms with Crippen LogP contribution in [0, 0.1) is 0 Å². The quantitative estimate of drug-likeness (QED) is 0.853. The first-order valence-electron chi connectivity index (χ1n) is 9.07. The van der Waals surface area contributed by atoms with Gasteiger partial charge in [-0.2, -0.15) is 0 Å². The van der Waals surface area contributed by atoms with Crippen molar-refractivity contribution in [1.82, 2.24) is 4.90 Å². The van der Waals surface area contributed by atoms with E-state index in [1.54, 1.807) is 7.11 Å². The summed E-state index contributed by atoms with van der Waals surface area (Å²) in [7, 11) is 1.79. The minimum Gasteiger partial charge on any atom is -0.381 e. The lowest BCUT2D eigenvalue weighted by Crippen LogP contribution is -2.48. The second-order valence-electron chi connectivity index (χ2n) is 7.15. The van der Waals surface area contributed by atoms with Crippen molar-refractivity contribution in [1.29, 1.82) is 0 Å². The van der Waals surface area contributed by atoms with Crippen molar-refractivity contribution in [3.63, 3.8) is 0 Å². The summed E-state index contributed by atoms with van der Waals surface area (Å²) < 4.78 is 5.54. The topological polar surface area (TPSA) is 29.5 Å². The van der Waals surface area contributed by atoms with E-state index in [0.29, 0.717) is 30.5 Å². The van der Waals surface area contributed by atoms with E-state index in [2.05, 4.69) is 47.4 Å². The zero-order valence-electron chi connectivity index (χ0n) is 14.3. The van der Waals surface area contributed by atoms with Crippen LogP contribution in [0.15, 0.2) is 42.5 Å². The molecule has 2 fully saturated rings. The second-order valence-corrected chi connectivity index (χ2v) is 7.15. The molecule has 0 saturated carbocycles. The second kappa shape index (κ2) is 6.56. The molecule has 0 radical (unpaired) electrons. The standard InChI is InChI=1S/C21H25NO2/c1-24-19-13-17-10-11-18(14-19)22(17)21(23)12-9-16-7-4-6-15-5-2-3-8-20(15)16/h2-8,17-19H,9-14H2,1H3. The maximum absolute atomic E-state index is 12.8. The number of hydrogen-bond donors (Lipinski definition) is 0. The third-order valence-electron chi connectivity index (χ3n) is 5.80. The smallest absolute Gasteiger partial charge is 0.223 e. The number of piperidine rings is 1. The third kappa shape index (κ3) is 2.82. The van der Waals surface area contributed by atoms with Gasteiger partial charge in [0.25, 0.3) is 0 Å². The normalized spacial score (nSPS) is 26.0. The van der Waals surface area contributed by atoms with Gasteiger partial charge in [-0.3, -0.25) is 4.79 Å². The summed E-state index contributed by atoms with van der Waals surface area (Å²) in [5.41, 5.74) is 1.28. The van der Waals surface area contributed by atoms with Crippen LogP contribution in [0.3, 0.4) is 0 Å².